The van der Waals surface area contributed by atoms with Gasteiger partial charge in [0.2, 0.25) is 0 Å². The van der Waals surface area contributed by atoms with Crippen molar-refractivity contribution in [3.63, 3.8) is 0 Å². The molecular weight excluding hydrogens is 396 g/mol. The fraction of sp³-hybridized carbons (Fsp3) is 0.125. The number of amides is 1. The zero-order chi connectivity index (χ0) is 9.84. The van der Waals surface area contributed by atoms with Crippen LogP contribution in [0.15, 0.2) is 18.2 Å². The van der Waals surface area contributed by atoms with Gasteiger partial charge in [0.15, 0.2) is 0 Å². The molecule has 3 nitrogen and oxygen atoms in total. The van der Waals surface area contributed by atoms with Gasteiger partial charge in [0, 0.05) is 12.7 Å². The molecule has 0 atom stereocenters. The molecule has 70 valence electrons. The van der Waals surface area contributed by atoms with Crippen molar-refractivity contribution < 1.29 is 9.63 Å². The van der Waals surface area contributed by atoms with Gasteiger partial charge in [0.05, 0.1) is 7.11 Å². The van der Waals surface area contributed by atoms with Crippen LogP contribution >= 0.6 is 45.2 Å². The van der Waals surface area contributed by atoms with Crippen molar-refractivity contribution in [2.75, 3.05) is 7.11 Å². The van der Waals surface area contributed by atoms with Gasteiger partial charge in [-0.25, -0.2) is 5.48 Å². The lowest BCUT2D eigenvalue weighted by Gasteiger charge is -2.03. The Kier molecular flexibility index (Phi) is 4.39. The molecule has 1 aromatic rings. The number of hydrogen-bond acceptors (Lipinski definition) is 2. The monoisotopic (exact) mass is 403 g/mol. The molecule has 5 heteroatoms. The van der Waals surface area contributed by atoms with Crippen molar-refractivity contribution in [3.05, 3.63) is 30.9 Å². The zero-order valence-electron chi connectivity index (χ0n) is 6.80. The van der Waals surface area contributed by atoms with Crippen LogP contribution in [0.5, 0.6) is 0 Å². The van der Waals surface area contributed by atoms with Gasteiger partial charge in [-0.05, 0) is 63.4 Å². The Hall–Kier alpha value is 0.110. The summed E-state index contributed by atoms with van der Waals surface area (Å²) in [7, 11) is 1.41. The third kappa shape index (κ3) is 3.06. The Bertz CT molecular complexity index is 328. The van der Waals surface area contributed by atoms with Gasteiger partial charge in [-0.2, -0.15) is 0 Å². The summed E-state index contributed by atoms with van der Waals surface area (Å²) in [4.78, 5) is 15.8. The normalized spacial score (nSPS) is 9.77. The minimum absolute atomic E-state index is 0.225. The molecule has 1 rings (SSSR count). The average Bonchev–Trinajstić information content (AvgIpc) is 2.10. The van der Waals surface area contributed by atoms with Crippen LogP contribution in [0.2, 0.25) is 0 Å². The summed E-state index contributed by atoms with van der Waals surface area (Å²) in [5, 5.41) is 0. The largest absolute Gasteiger partial charge is 0.277 e. The molecule has 0 aliphatic rings. The molecule has 0 radical (unpaired) electrons. The first-order valence-electron chi connectivity index (χ1n) is 3.43. The Morgan fingerprint density at radius 1 is 1.38 bits per heavy atom. The summed E-state index contributed by atoms with van der Waals surface area (Å²) in [5.74, 6) is -0.225. The lowest BCUT2D eigenvalue weighted by Crippen LogP contribution is -2.21. The first kappa shape index (κ1) is 11.2. The average molecular weight is 403 g/mol. The highest BCUT2D eigenvalue weighted by atomic mass is 127. The molecule has 0 saturated heterocycles. The molecule has 0 bridgehead atoms. The lowest BCUT2D eigenvalue weighted by atomic mass is 10.2. The van der Waals surface area contributed by atoms with Crippen LogP contribution in [0.3, 0.4) is 0 Å². The number of rotatable bonds is 2. The summed E-state index contributed by atoms with van der Waals surface area (Å²) in [6.45, 7) is 0. The van der Waals surface area contributed by atoms with E-state index < -0.39 is 0 Å². The van der Waals surface area contributed by atoms with E-state index in [4.69, 9.17) is 0 Å². The minimum atomic E-state index is -0.225. The lowest BCUT2D eigenvalue weighted by molar-refractivity contribution is 0.0537. The molecule has 0 aliphatic heterocycles. The van der Waals surface area contributed by atoms with Gasteiger partial charge in [-0.15, -0.1) is 0 Å². The van der Waals surface area contributed by atoms with E-state index in [-0.39, 0.29) is 5.91 Å². The van der Waals surface area contributed by atoms with Crippen molar-refractivity contribution in [2.45, 2.75) is 0 Å². The van der Waals surface area contributed by atoms with E-state index in [0.717, 1.165) is 7.14 Å². The number of carbonyl (C=O) groups is 1. The number of benzene rings is 1. The van der Waals surface area contributed by atoms with E-state index in [1.807, 2.05) is 12.1 Å². The molecule has 1 N–H and O–H groups in total. The smallest absolute Gasteiger partial charge is 0.274 e. The maximum Gasteiger partial charge on any atom is 0.274 e. The van der Waals surface area contributed by atoms with Crippen LogP contribution in [-0.4, -0.2) is 13.0 Å². The highest BCUT2D eigenvalue weighted by Crippen LogP contribution is 2.16. The second-order valence-corrected chi connectivity index (χ2v) is 4.59. The van der Waals surface area contributed by atoms with Crippen molar-refractivity contribution >= 4 is 51.1 Å². The Morgan fingerprint density at radius 2 is 2.08 bits per heavy atom. The van der Waals surface area contributed by atoms with Gasteiger partial charge < -0.3 is 0 Å². The number of hydroxylamine groups is 1. The predicted molar refractivity (Wildman–Crippen MR) is 66.4 cm³/mol. The molecule has 0 unspecified atom stereocenters. The zero-order valence-corrected chi connectivity index (χ0v) is 11.1. The van der Waals surface area contributed by atoms with Crippen LogP contribution in [0.4, 0.5) is 0 Å². The van der Waals surface area contributed by atoms with Crippen molar-refractivity contribution in [3.8, 4) is 0 Å². The molecule has 13 heavy (non-hydrogen) atoms. The van der Waals surface area contributed by atoms with E-state index in [1.165, 1.54) is 7.11 Å². The van der Waals surface area contributed by atoms with Gasteiger partial charge in [-0.1, -0.05) is 0 Å². The standard InChI is InChI=1S/C8H7I2NO2/c1-13-11-8(12)5-2-3-6(9)7(10)4-5/h2-4H,1H3,(H,11,12). The molecule has 0 aromatic heterocycles. The maximum absolute atomic E-state index is 11.3. The maximum atomic E-state index is 11.3. The quantitative estimate of drug-likeness (QED) is 0.608. The summed E-state index contributed by atoms with van der Waals surface area (Å²) in [6.07, 6.45) is 0. The van der Waals surface area contributed by atoms with Crippen LogP contribution in [0.1, 0.15) is 10.4 Å². The summed E-state index contributed by atoms with van der Waals surface area (Å²) >= 11 is 4.40. The van der Waals surface area contributed by atoms with E-state index in [1.54, 1.807) is 6.07 Å². The van der Waals surface area contributed by atoms with Crippen molar-refractivity contribution in [1.82, 2.24) is 5.48 Å². The number of nitrogens with one attached hydrogen (secondary N) is 1. The highest BCUT2D eigenvalue weighted by Gasteiger charge is 2.06. The number of carbonyl (C=O) groups excluding carboxylic acids is 1. The second-order valence-electron chi connectivity index (χ2n) is 2.26. The number of halogens is 2. The first-order valence-corrected chi connectivity index (χ1v) is 5.59. The van der Waals surface area contributed by atoms with Crippen molar-refractivity contribution in [1.29, 1.82) is 0 Å². The Labute approximate surface area is 103 Å². The molecule has 0 aliphatic carbocycles. The molecule has 0 fully saturated rings. The van der Waals surface area contributed by atoms with E-state index in [9.17, 15) is 4.79 Å². The van der Waals surface area contributed by atoms with Gasteiger partial charge in [0.1, 0.15) is 0 Å². The summed E-state index contributed by atoms with van der Waals surface area (Å²) in [5.41, 5.74) is 2.87. The third-order valence-corrected chi connectivity index (χ3v) is 4.24. The molecular formula is C8H7I2NO2. The molecule has 0 saturated carbocycles. The van der Waals surface area contributed by atoms with Gasteiger partial charge >= 0.3 is 0 Å². The van der Waals surface area contributed by atoms with Crippen LogP contribution < -0.4 is 5.48 Å². The first-order chi connectivity index (χ1) is 6.15. The summed E-state index contributed by atoms with van der Waals surface area (Å²) in [6, 6.07) is 5.47. The number of hydrogen-bond donors (Lipinski definition) is 1. The van der Waals surface area contributed by atoms with E-state index in [0.29, 0.717) is 5.56 Å². The Balaban J connectivity index is 2.90. The third-order valence-electron chi connectivity index (χ3n) is 1.38. The molecule has 1 aromatic carbocycles. The SMILES string of the molecule is CONC(=O)c1ccc(I)c(I)c1. The van der Waals surface area contributed by atoms with Gasteiger partial charge in [-0.3, -0.25) is 9.63 Å². The molecule has 0 heterocycles. The highest BCUT2D eigenvalue weighted by molar-refractivity contribution is 14.1. The van der Waals surface area contributed by atoms with E-state index >= 15 is 0 Å². The molecule has 1 amide bonds. The van der Waals surface area contributed by atoms with E-state index in [2.05, 4.69) is 55.5 Å². The van der Waals surface area contributed by atoms with Crippen LogP contribution in [0.25, 0.3) is 0 Å². The van der Waals surface area contributed by atoms with Gasteiger partial charge in [0.25, 0.3) is 5.91 Å². The minimum Gasteiger partial charge on any atom is -0.277 e. The van der Waals surface area contributed by atoms with Crippen molar-refractivity contribution in [2.24, 2.45) is 0 Å². The second kappa shape index (κ2) is 5.11. The van der Waals surface area contributed by atoms with Crippen LogP contribution in [-0.2, 0) is 4.84 Å². The predicted octanol–water partition coefficient (Wildman–Crippen LogP) is 2.19. The fourth-order valence-electron chi connectivity index (χ4n) is 0.789. The summed E-state index contributed by atoms with van der Waals surface area (Å²) < 4.78 is 2.19. The Morgan fingerprint density at radius 3 is 2.62 bits per heavy atom. The molecule has 0 spiro atoms. The topological polar surface area (TPSA) is 38.3 Å². The fourth-order valence-corrected chi connectivity index (χ4v) is 1.64. The van der Waals surface area contributed by atoms with Crippen LogP contribution in [0, 0.1) is 7.14 Å².